The maximum absolute atomic E-state index is 11.7. The van der Waals surface area contributed by atoms with Crippen molar-refractivity contribution in [2.75, 3.05) is 7.11 Å². The number of nitrogens with zero attached hydrogens (tertiary/aromatic N) is 1. The molecule has 0 aliphatic heterocycles. The summed E-state index contributed by atoms with van der Waals surface area (Å²) in [6.07, 6.45) is 5.47. The predicted octanol–water partition coefficient (Wildman–Crippen LogP) is 3.47. The molecule has 0 unspecified atom stereocenters. The van der Waals surface area contributed by atoms with Crippen LogP contribution in [0, 0.1) is 5.41 Å². The van der Waals surface area contributed by atoms with Gasteiger partial charge in [0.15, 0.2) is 0 Å². The lowest BCUT2D eigenvalue weighted by molar-refractivity contribution is -0.148. The van der Waals surface area contributed by atoms with Gasteiger partial charge in [-0.25, -0.2) is 0 Å². The summed E-state index contributed by atoms with van der Waals surface area (Å²) in [6, 6.07) is 8.10. The Morgan fingerprint density at radius 2 is 2.05 bits per heavy atom. The molecule has 2 aromatic rings. The molecule has 4 heteroatoms. The van der Waals surface area contributed by atoms with Gasteiger partial charge >= 0.3 is 5.97 Å². The average Bonchev–Trinajstić information content (AvgIpc) is 2.51. The predicted molar refractivity (Wildman–Crippen MR) is 89.2 cm³/mol. The summed E-state index contributed by atoms with van der Waals surface area (Å²) >= 11 is 0. The number of esters is 1. The number of rotatable bonds is 4. The number of pyridine rings is 1. The first-order chi connectivity index (χ1) is 10.3. The maximum Gasteiger partial charge on any atom is 0.315 e. The summed E-state index contributed by atoms with van der Waals surface area (Å²) in [5, 5.41) is 2.15. The van der Waals surface area contributed by atoms with Gasteiger partial charge in [-0.1, -0.05) is 18.2 Å². The third-order valence-electron chi connectivity index (χ3n) is 3.67. The molecule has 1 heterocycles. The van der Waals surface area contributed by atoms with E-state index in [2.05, 4.69) is 11.1 Å². The first-order valence-electron chi connectivity index (χ1n) is 7.26. The van der Waals surface area contributed by atoms with E-state index in [9.17, 15) is 4.79 Å². The van der Waals surface area contributed by atoms with E-state index in [4.69, 9.17) is 10.5 Å². The Morgan fingerprint density at radius 1 is 1.32 bits per heavy atom. The average molecular weight is 298 g/mol. The highest BCUT2D eigenvalue weighted by molar-refractivity contribution is 5.84. The molecular weight excluding hydrogens is 276 g/mol. The Bertz CT molecular complexity index is 718. The van der Waals surface area contributed by atoms with E-state index in [1.807, 2.05) is 57.3 Å². The van der Waals surface area contributed by atoms with E-state index < -0.39 is 5.41 Å². The van der Waals surface area contributed by atoms with Crippen molar-refractivity contribution in [2.45, 2.75) is 26.8 Å². The first kappa shape index (κ1) is 16.2. The molecule has 0 radical (unpaired) electrons. The van der Waals surface area contributed by atoms with Gasteiger partial charge in [0.1, 0.15) is 0 Å². The van der Waals surface area contributed by atoms with Crippen molar-refractivity contribution < 1.29 is 9.53 Å². The number of nitrogens with two attached hydrogens (primary N) is 1. The minimum absolute atomic E-state index is 0.00480. The van der Waals surface area contributed by atoms with Gasteiger partial charge in [0.25, 0.3) is 0 Å². The molecule has 0 saturated heterocycles. The third-order valence-corrected chi connectivity index (χ3v) is 3.67. The van der Waals surface area contributed by atoms with E-state index in [-0.39, 0.29) is 12.0 Å². The molecule has 0 aliphatic carbocycles. The van der Waals surface area contributed by atoms with Crippen LogP contribution in [-0.2, 0) is 9.53 Å². The summed E-state index contributed by atoms with van der Waals surface area (Å²) in [5.74, 6) is -0.274. The van der Waals surface area contributed by atoms with E-state index in [1.54, 1.807) is 0 Å². The third kappa shape index (κ3) is 3.52. The smallest absolute Gasteiger partial charge is 0.315 e. The zero-order valence-electron chi connectivity index (χ0n) is 13.5. The van der Waals surface area contributed by atoms with Crippen LogP contribution >= 0.6 is 0 Å². The highest BCUT2D eigenvalue weighted by Crippen LogP contribution is 2.23. The Hall–Kier alpha value is -2.20. The normalized spacial score (nSPS) is 13.5. The molecule has 2 N–H and O–H groups in total. The van der Waals surface area contributed by atoms with E-state index in [1.165, 1.54) is 7.11 Å². The largest absolute Gasteiger partial charge is 0.468 e. The van der Waals surface area contributed by atoms with Gasteiger partial charge in [-0.15, -0.1) is 0 Å². The second-order valence-corrected chi connectivity index (χ2v) is 6.05. The van der Waals surface area contributed by atoms with Crippen LogP contribution in [0.4, 0.5) is 0 Å². The van der Waals surface area contributed by atoms with Crippen LogP contribution in [0.15, 0.2) is 36.5 Å². The molecule has 22 heavy (non-hydrogen) atoms. The number of hydrogen-bond acceptors (Lipinski definition) is 4. The maximum atomic E-state index is 11.7. The van der Waals surface area contributed by atoms with E-state index in [0.29, 0.717) is 0 Å². The quantitative estimate of drug-likeness (QED) is 0.878. The number of methoxy groups -OCH3 is 1. The molecular formula is C18H22N2O2. The highest BCUT2D eigenvalue weighted by Gasteiger charge is 2.25. The second kappa shape index (κ2) is 6.28. The summed E-state index contributed by atoms with van der Waals surface area (Å²) < 4.78 is 4.79. The number of benzene rings is 1. The molecule has 0 saturated carbocycles. The van der Waals surface area contributed by atoms with Crippen molar-refractivity contribution in [2.24, 2.45) is 11.1 Å². The Kier molecular flexibility index (Phi) is 4.62. The standard InChI is InChI=1S/C18H22N2O2/c1-12(19)13-5-6-14-11-20-16(10-15(14)9-13)7-8-18(2,3)17(21)22-4/h5-12H,19H2,1-4H3/t12-/m1/s1. The Morgan fingerprint density at radius 3 is 2.68 bits per heavy atom. The van der Waals surface area contributed by atoms with Gasteiger partial charge < -0.3 is 10.5 Å². The fourth-order valence-corrected chi connectivity index (χ4v) is 2.18. The zero-order valence-corrected chi connectivity index (χ0v) is 13.5. The van der Waals surface area contributed by atoms with Gasteiger partial charge in [0, 0.05) is 17.6 Å². The fourth-order valence-electron chi connectivity index (χ4n) is 2.18. The summed E-state index contributed by atoms with van der Waals surface area (Å²) in [4.78, 5) is 16.1. The van der Waals surface area contributed by atoms with Crippen molar-refractivity contribution in [3.63, 3.8) is 0 Å². The van der Waals surface area contributed by atoms with E-state index in [0.717, 1.165) is 22.0 Å². The van der Waals surface area contributed by atoms with Crippen LogP contribution < -0.4 is 5.73 Å². The van der Waals surface area contributed by atoms with Gasteiger partial charge in [0.05, 0.1) is 18.2 Å². The minimum atomic E-state index is -0.682. The van der Waals surface area contributed by atoms with Crippen molar-refractivity contribution >= 4 is 22.8 Å². The minimum Gasteiger partial charge on any atom is -0.468 e. The lowest BCUT2D eigenvalue weighted by Gasteiger charge is -2.16. The number of carbonyl (C=O) groups excluding carboxylic acids is 1. The number of hydrogen-bond donors (Lipinski definition) is 1. The monoisotopic (exact) mass is 298 g/mol. The molecule has 116 valence electrons. The fraction of sp³-hybridized carbons (Fsp3) is 0.333. The van der Waals surface area contributed by atoms with Crippen LogP contribution in [0.3, 0.4) is 0 Å². The number of carbonyl (C=O) groups is 1. The SMILES string of the molecule is COC(=O)C(C)(C)C=Cc1cc2cc([C@@H](C)N)ccc2cn1. The van der Waals surface area contributed by atoms with Crippen molar-refractivity contribution in [1.82, 2.24) is 4.98 Å². The van der Waals surface area contributed by atoms with Gasteiger partial charge in [-0.2, -0.15) is 0 Å². The van der Waals surface area contributed by atoms with Crippen molar-refractivity contribution in [3.8, 4) is 0 Å². The van der Waals surface area contributed by atoms with Crippen molar-refractivity contribution in [1.29, 1.82) is 0 Å². The molecule has 1 aromatic carbocycles. The molecule has 0 aliphatic rings. The number of ether oxygens (including phenoxy) is 1. The molecule has 2 rings (SSSR count). The molecule has 1 atom stereocenters. The van der Waals surface area contributed by atoms with Crippen LogP contribution in [0.1, 0.15) is 38.1 Å². The molecule has 0 bridgehead atoms. The first-order valence-corrected chi connectivity index (χ1v) is 7.26. The molecule has 4 nitrogen and oxygen atoms in total. The van der Waals surface area contributed by atoms with Crippen LogP contribution in [0.2, 0.25) is 0 Å². The van der Waals surface area contributed by atoms with Crippen LogP contribution in [0.25, 0.3) is 16.8 Å². The van der Waals surface area contributed by atoms with Crippen LogP contribution in [0.5, 0.6) is 0 Å². The zero-order chi connectivity index (χ0) is 16.3. The molecule has 0 spiro atoms. The number of fused-ring (bicyclic) bond motifs is 1. The summed E-state index contributed by atoms with van der Waals surface area (Å²) in [7, 11) is 1.39. The number of aromatic nitrogens is 1. The topological polar surface area (TPSA) is 65.2 Å². The molecule has 0 amide bonds. The second-order valence-electron chi connectivity index (χ2n) is 6.05. The molecule has 0 fully saturated rings. The van der Waals surface area contributed by atoms with E-state index >= 15 is 0 Å². The van der Waals surface area contributed by atoms with Crippen LogP contribution in [-0.4, -0.2) is 18.1 Å². The molecule has 1 aromatic heterocycles. The lowest BCUT2D eigenvalue weighted by atomic mass is 9.93. The Balaban J connectivity index is 2.34. The van der Waals surface area contributed by atoms with Gasteiger partial charge in [0.2, 0.25) is 0 Å². The van der Waals surface area contributed by atoms with Crippen molar-refractivity contribution in [3.05, 3.63) is 47.8 Å². The van der Waals surface area contributed by atoms with Gasteiger partial charge in [-0.05, 0) is 49.9 Å². The summed E-state index contributed by atoms with van der Waals surface area (Å²) in [5.41, 5.74) is 7.13. The highest BCUT2D eigenvalue weighted by atomic mass is 16.5. The van der Waals surface area contributed by atoms with Gasteiger partial charge in [-0.3, -0.25) is 9.78 Å². The lowest BCUT2D eigenvalue weighted by Crippen LogP contribution is -2.22. The Labute approximate surface area is 131 Å². The summed E-state index contributed by atoms with van der Waals surface area (Å²) in [6.45, 7) is 5.58.